The van der Waals surface area contributed by atoms with E-state index < -0.39 is 0 Å². The standard InChI is InChI=1S/C11H6OS2/c12-10-7-3-1-2-4-8(7)14-9-5-6-13-11(9)10/h1-6H. The van der Waals surface area contributed by atoms with E-state index in [4.69, 9.17) is 0 Å². The van der Waals surface area contributed by atoms with Crippen molar-refractivity contribution < 1.29 is 0 Å². The summed E-state index contributed by atoms with van der Waals surface area (Å²) >= 11 is 3.21. The maximum atomic E-state index is 12.0. The van der Waals surface area contributed by atoms with E-state index in [0.29, 0.717) is 0 Å². The van der Waals surface area contributed by atoms with Crippen molar-refractivity contribution in [2.45, 2.75) is 0 Å². The Hall–Kier alpha value is -1.19. The van der Waals surface area contributed by atoms with Gasteiger partial charge in [0.05, 0.1) is 4.70 Å². The molecule has 0 bridgehead atoms. The Labute approximate surface area is 88.2 Å². The summed E-state index contributed by atoms with van der Waals surface area (Å²) in [6.45, 7) is 0. The number of hydrogen-bond donors (Lipinski definition) is 0. The van der Waals surface area contributed by atoms with Crippen LogP contribution in [0.3, 0.4) is 0 Å². The highest BCUT2D eigenvalue weighted by Crippen LogP contribution is 2.27. The highest BCUT2D eigenvalue weighted by molar-refractivity contribution is 7.29. The number of fused-ring (bicyclic) bond motifs is 2. The fraction of sp³-hybridized carbons (Fsp3) is 0. The largest absolute Gasteiger partial charge is 0.288 e. The van der Waals surface area contributed by atoms with Crippen LogP contribution in [0.25, 0.3) is 19.5 Å². The summed E-state index contributed by atoms with van der Waals surface area (Å²) in [5.74, 6) is 0. The highest BCUT2D eigenvalue weighted by atomic mass is 32.1. The van der Waals surface area contributed by atoms with Gasteiger partial charge >= 0.3 is 0 Å². The monoisotopic (exact) mass is 218 g/mol. The van der Waals surface area contributed by atoms with Crippen molar-refractivity contribution in [1.29, 1.82) is 0 Å². The van der Waals surface area contributed by atoms with Crippen LogP contribution in [0.5, 0.6) is 0 Å². The lowest BCUT2D eigenvalue weighted by atomic mass is 10.2. The van der Waals surface area contributed by atoms with E-state index in [2.05, 4.69) is 0 Å². The zero-order valence-electron chi connectivity index (χ0n) is 7.19. The number of hydrogen-bond acceptors (Lipinski definition) is 3. The minimum atomic E-state index is 0.171. The molecule has 3 heteroatoms. The molecule has 2 aromatic heterocycles. The molecule has 0 N–H and O–H groups in total. The van der Waals surface area contributed by atoms with Crippen LogP contribution in [0.2, 0.25) is 0 Å². The smallest absolute Gasteiger partial charge is 0.205 e. The van der Waals surface area contributed by atoms with Crippen molar-refractivity contribution in [3.8, 4) is 0 Å². The third kappa shape index (κ3) is 1.03. The van der Waals surface area contributed by atoms with Gasteiger partial charge in [-0.15, -0.1) is 22.7 Å². The van der Waals surface area contributed by atoms with Crippen molar-refractivity contribution in [1.82, 2.24) is 0 Å². The van der Waals surface area contributed by atoms with E-state index >= 15 is 0 Å². The minimum Gasteiger partial charge on any atom is -0.288 e. The van der Waals surface area contributed by atoms with Gasteiger partial charge in [-0.25, -0.2) is 0 Å². The molecular weight excluding hydrogens is 212 g/mol. The first-order chi connectivity index (χ1) is 6.86. The van der Waals surface area contributed by atoms with E-state index in [1.54, 1.807) is 11.3 Å². The molecule has 2 heterocycles. The van der Waals surface area contributed by atoms with Gasteiger partial charge in [0.2, 0.25) is 5.43 Å². The molecule has 0 saturated carbocycles. The zero-order chi connectivity index (χ0) is 9.54. The molecule has 0 radical (unpaired) electrons. The van der Waals surface area contributed by atoms with E-state index in [1.807, 2.05) is 35.7 Å². The average Bonchev–Trinajstić information content (AvgIpc) is 2.66. The first-order valence-corrected chi connectivity index (χ1v) is 5.95. The number of rotatable bonds is 0. The average molecular weight is 218 g/mol. The molecule has 1 nitrogen and oxygen atoms in total. The van der Waals surface area contributed by atoms with E-state index in [0.717, 1.165) is 19.5 Å². The molecule has 1 aromatic carbocycles. The van der Waals surface area contributed by atoms with Gasteiger partial charge in [0.1, 0.15) is 0 Å². The SMILES string of the molecule is O=c1c2ccccc2sc2ccsc12. The zero-order valence-corrected chi connectivity index (χ0v) is 8.82. The molecule has 0 saturated heterocycles. The summed E-state index contributed by atoms with van der Waals surface area (Å²) in [4.78, 5) is 12.0. The molecule has 0 atom stereocenters. The van der Waals surface area contributed by atoms with Gasteiger partial charge in [-0.05, 0) is 23.6 Å². The maximum Gasteiger partial charge on any atom is 0.205 e. The molecular formula is C11H6OS2. The lowest BCUT2D eigenvalue weighted by molar-refractivity contribution is 1.80. The summed E-state index contributed by atoms with van der Waals surface area (Å²) in [5, 5.41) is 2.81. The van der Waals surface area contributed by atoms with Crippen molar-refractivity contribution in [2.24, 2.45) is 0 Å². The predicted molar refractivity (Wildman–Crippen MR) is 63.5 cm³/mol. The predicted octanol–water partition coefficient (Wildman–Crippen LogP) is 3.48. The second-order valence-electron chi connectivity index (χ2n) is 3.04. The Morgan fingerprint density at radius 1 is 1.00 bits per heavy atom. The van der Waals surface area contributed by atoms with Gasteiger partial charge < -0.3 is 0 Å². The lowest BCUT2D eigenvalue weighted by Crippen LogP contribution is -1.97. The Morgan fingerprint density at radius 3 is 2.79 bits per heavy atom. The number of benzene rings is 1. The van der Waals surface area contributed by atoms with Gasteiger partial charge in [0, 0.05) is 14.8 Å². The minimum absolute atomic E-state index is 0.171. The molecule has 0 aliphatic rings. The molecule has 0 unspecified atom stereocenters. The van der Waals surface area contributed by atoms with Crippen molar-refractivity contribution in [3.63, 3.8) is 0 Å². The molecule has 0 aliphatic heterocycles. The van der Waals surface area contributed by atoms with Crippen LogP contribution in [0.1, 0.15) is 0 Å². The Kier molecular flexibility index (Phi) is 1.69. The summed E-state index contributed by atoms with van der Waals surface area (Å²) in [6, 6.07) is 9.79. The quantitative estimate of drug-likeness (QED) is 0.564. The summed E-state index contributed by atoms with van der Waals surface area (Å²) < 4.78 is 3.05. The van der Waals surface area contributed by atoms with Crippen molar-refractivity contribution in [3.05, 3.63) is 45.9 Å². The molecule has 0 amide bonds. The van der Waals surface area contributed by atoms with Gasteiger partial charge in [-0.2, -0.15) is 0 Å². The third-order valence-electron chi connectivity index (χ3n) is 2.19. The van der Waals surface area contributed by atoms with Crippen LogP contribution in [0.4, 0.5) is 0 Å². The summed E-state index contributed by atoms with van der Waals surface area (Å²) in [5.41, 5.74) is 0.171. The fourth-order valence-electron chi connectivity index (χ4n) is 1.53. The molecule has 14 heavy (non-hydrogen) atoms. The molecule has 0 spiro atoms. The molecule has 3 aromatic rings. The third-order valence-corrected chi connectivity index (χ3v) is 4.37. The van der Waals surface area contributed by atoms with Gasteiger partial charge in [0.15, 0.2) is 0 Å². The Morgan fingerprint density at radius 2 is 1.86 bits per heavy atom. The lowest BCUT2D eigenvalue weighted by Gasteiger charge is -1.94. The molecule has 3 rings (SSSR count). The fourth-order valence-corrected chi connectivity index (χ4v) is 3.60. The van der Waals surface area contributed by atoms with E-state index in [9.17, 15) is 4.79 Å². The van der Waals surface area contributed by atoms with Crippen LogP contribution in [0, 0.1) is 0 Å². The van der Waals surface area contributed by atoms with Crippen LogP contribution < -0.4 is 5.43 Å². The van der Waals surface area contributed by atoms with Gasteiger partial charge in [-0.3, -0.25) is 4.79 Å². The second-order valence-corrected chi connectivity index (χ2v) is 5.04. The maximum absolute atomic E-state index is 12.0. The Balaban J connectivity index is 2.70. The van der Waals surface area contributed by atoms with Crippen LogP contribution in [-0.2, 0) is 0 Å². The summed E-state index contributed by atoms with van der Waals surface area (Å²) in [7, 11) is 0. The van der Waals surface area contributed by atoms with Crippen LogP contribution in [-0.4, -0.2) is 0 Å². The van der Waals surface area contributed by atoms with E-state index in [1.165, 1.54) is 11.3 Å². The highest BCUT2D eigenvalue weighted by Gasteiger charge is 2.05. The van der Waals surface area contributed by atoms with Gasteiger partial charge in [0.25, 0.3) is 0 Å². The van der Waals surface area contributed by atoms with Crippen LogP contribution >= 0.6 is 22.7 Å². The first kappa shape index (κ1) is 8.15. The summed E-state index contributed by atoms with van der Waals surface area (Å²) in [6.07, 6.45) is 0. The number of thiophene rings is 1. The molecule has 0 aliphatic carbocycles. The Bertz CT molecular complexity index is 663. The van der Waals surface area contributed by atoms with Crippen molar-refractivity contribution >= 4 is 42.2 Å². The first-order valence-electron chi connectivity index (χ1n) is 4.25. The molecule has 0 fully saturated rings. The molecule has 68 valence electrons. The topological polar surface area (TPSA) is 17.1 Å². The van der Waals surface area contributed by atoms with Gasteiger partial charge in [-0.1, -0.05) is 12.1 Å². The second kappa shape index (κ2) is 2.90. The van der Waals surface area contributed by atoms with Crippen LogP contribution in [0.15, 0.2) is 40.5 Å². The van der Waals surface area contributed by atoms with Crippen molar-refractivity contribution in [2.75, 3.05) is 0 Å². The van der Waals surface area contributed by atoms with E-state index in [-0.39, 0.29) is 5.43 Å². The normalized spacial score (nSPS) is 11.1.